The van der Waals surface area contributed by atoms with Gasteiger partial charge in [0.15, 0.2) is 0 Å². The second kappa shape index (κ2) is 7.19. The van der Waals surface area contributed by atoms with E-state index in [9.17, 15) is 8.42 Å². The predicted molar refractivity (Wildman–Crippen MR) is 93.7 cm³/mol. The molecule has 0 aliphatic carbocycles. The van der Waals surface area contributed by atoms with E-state index >= 15 is 0 Å². The summed E-state index contributed by atoms with van der Waals surface area (Å²) >= 11 is 8.59. The van der Waals surface area contributed by atoms with Crippen LogP contribution in [0.2, 0.25) is 4.34 Å². The maximum absolute atomic E-state index is 12.9. The van der Waals surface area contributed by atoms with Crippen molar-refractivity contribution in [2.45, 2.75) is 17.2 Å². The first-order chi connectivity index (χ1) is 11.1. The van der Waals surface area contributed by atoms with E-state index in [0.29, 0.717) is 17.3 Å². The normalized spacial score (nSPS) is 12.1. The Bertz CT molecular complexity index is 839. The lowest BCUT2D eigenvalue weighted by molar-refractivity contribution is 0.409. The maximum Gasteiger partial charge on any atom is 0.252 e. The van der Waals surface area contributed by atoms with Crippen molar-refractivity contribution >= 4 is 44.3 Å². The van der Waals surface area contributed by atoms with E-state index in [4.69, 9.17) is 16.0 Å². The number of halogens is 1. The smallest absolute Gasteiger partial charge is 0.252 e. The molecule has 0 spiro atoms. The Kier molecular flexibility index (Phi) is 5.23. The van der Waals surface area contributed by atoms with Crippen LogP contribution in [0.5, 0.6) is 0 Å². The first-order valence-electron chi connectivity index (χ1n) is 6.84. The third kappa shape index (κ3) is 4.05. The van der Waals surface area contributed by atoms with E-state index < -0.39 is 10.0 Å². The van der Waals surface area contributed by atoms with E-state index in [1.165, 1.54) is 4.31 Å². The highest BCUT2D eigenvalue weighted by Crippen LogP contribution is 2.29. The van der Waals surface area contributed by atoms with Gasteiger partial charge in [-0.2, -0.15) is 4.31 Å². The van der Waals surface area contributed by atoms with Crippen LogP contribution in [0.25, 0.3) is 0 Å². The van der Waals surface area contributed by atoms with E-state index in [1.54, 1.807) is 42.1 Å². The van der Waals surface area contributed by atoms with Gasteiger partial charge in [-0.1, -0.05) is 17.7 Å². The van der Waals surface area contributed by atoms with Gasteiger partial charge >= 0.3 is 0 Å². The molecule has 0 aliphatic rings. The lowest BCUT2D eigenvalue weighted by Crippen LogP contribution is -2.31. The Morgan fingerprint density at radius 1 is 1.22 bits per heavy atom. The van der Waals surface area contributed by atoms with Crippen LogP contribution >= 0.6 is 34.3 Å². The summed E-state index contributed by atoms with van der Waals surface area (Å²) in [6.07, 6.45) is 3.78. The zero-order valence-corrected chi connectivity index (χ0v) is 15.2. The van der Waals surface area contributed by atoms with Crippen molar-refractivity contribution in [2.75, 3.05) is 6.54 Å². The summed E-state index contributed by atoms with van der Waals surface area (Å²) in [5, 5.41) is 1.99. The van der Waals surface area contributed by atoms with Crippen LogP contribution in [0.1, 0.15) is 10.4 Å². The SMILES string of the molecule is O=S(=O)(c1ccc(Cl)s1)N(CCc1cccs1)Cc1ccoc1. The van der Waals surface area contributed by atoms with Crippen LogP contribution in [-0.4, -0.2) is 19.3 Å². The Hall–Kier alpha value is -1.12. The van der Waals surface area contributed by atoms with Crippen molar-refractivity contribution in [3.63, 3.8) is 0 Å². The molecule has 3 heterocycles. The lowest BCUT2D eigenvalue weighted by atomic mass is 10.3. The Labute approximate surface area is 148 Å². The van der Waals surface area contributed by atoms with Gasteiger partial charge < -0.3 is 4.42 Å². The van der Waals surface area contributed by atoms with Crippen LogP contribution in [0.15, 0.2) is 56.9 Å². The summed E-state index contributed by atoms with van der Waals surface area (Å²) in [7, 11) is -3.58. The zero-order chi connectivity index (χ0) is 16.3. The molecule has 4 nitrogen and oxygen atoms in total. The Balaban J connectivity index is 1.84. The molecule has 122 valence electrons. The summed E-state index contributed by atoms with van der Waals surface area (Å²) < 4.78 is 33.0. The van der Waals surface area contributed by atoms with Crippen molar-refractivity contribution in [3.8, 4) is 0 Å². The molecular formula is C15H14ClNO3S3. The number of rotatable bonds is 7. The lowest BCUT2D eigenvalue weighted by Gasteiger charge is -2.20. The summed E-state index contributed by atoms with van der Waals surface area (Å²) in [5.41, 5.74) is 0.822. The molecule has 3 aromatic heterocycles. The van der Waals surface area contributed by atoms with Crippen molar-refractivity contribution in [2.24, 2.45) is 0 Å². The first-order valence-corrected chi connectivity index (χ1v) is 10.4. The largest absolute Gasteiger partial charge is 0.472 e. The fraction of sp³-hybridized carbons (Fsp3) is 0.200. The number of hydrogen-bond donors (Lipinski definition) is 0. The third-order valence-corrected chi connectivity index (χ3v) is 7.75. The minimum absolute atomic E-state index is 0.261. The minimum Gasteiger partial charge on any atom is -0.472 e. The molecule has 0 fully saturated rings. The number of nitrogens with zero attached hydrogens (tertiary/aromatic N) is 1. The van der Waals surface area contributed by atoms with Gasteiger partial charge in [-0.15, -0.1) is 22.7 Å². The molecule has 23 heavy (non-hydrogen) atoms. The standard InChI is InChI=1S/C15H14ClNO3S3/c16-14-3-4-15(22-14)23(18,19)17(10-12-6-8-20-11-12)7-5-13-2-1-9-21-13/h1-4,6,8-9,11H,5,7,10H2. The van der Waals surface area contributed by atoms with Crippen molar-refractivity contribution in [3.05, 3.63) is 63.0 Å². The molecule has 0 saturated carbocycles. The molecule has 8 heteroatoms. The molecule has 3 rings (SSSR count). The fourth-order valence-corrected chi connectivity index (χ4v) is 5.89. The van der Waals surface area contributed by atoms with E-state index in [1.807, 2.05) is 17.5 Å². The van der Waals surface area contributed by atoms with Crippen molar-refractivity contribution < 1.29 is 12.8 Å². The highest BCUT2D eigenvalue weighted by atomic mass is 35.5. The molecule has 0 aliphatic heterocycles. The topological polar surface area (TPSA) is 50.5 Å². The minimum atomic E-state index is -3.58. The summed E-state index contributed by atoms with van der Waals surface area (Å²) in [5.74, 6) is 0. The quantitative estimate of drug-likeness (QED) is 0.600. The Morgan fingerprint density at radius 3 is 2.70 bits per heavy atom. The molecule has 0 radical (unpaired) electrons. The number of thiophene rings is 2. The Morgan fingerprint density at radius 2 is 2.09 bits per heavy atom. The predicted octanol–water partition coefficient (Wildman–Crippen LogP) is 4.49. The van der Waals surface area contributed by atoms with Crippen LogP contribution in [-0.2, 0) is 23.0 Å². The highest BCUT2D eigenvalue weighted by molar-refractivity contribution is 7.91. The van der Waals surface area contributed by atoms with E-state index in [-0.39, 0.29) is 10.8 Å². The third-order valence-electron chi connectivity index (χ3n) is 3.27. The van der Waals surface area contributed by atoms with Crippen molar-refractivity contribution in [1.29, 1.82) is 0 Å². The van der Waals surface area contributed by atoms with Crippen LogP contribution in [0.3, 0.4) is 0 Å². The molecular weight excluding hydrogens is 374 g/mol. The molecule has 0 bridgehead atoms. The van der Waals surface area contributed by atoms with Crippen LogP contribution in [0.4, 0.5) is 0 Å². The number of furan rings is 1. The van der Waals surface area contributed by atoms with Gasteiger partial charge in [0.2, 0.25) is 0 Å². The van der Waals surface area contributed by atoms with Gasteiger partial charge in [-0.05, 0) is 36.1 Å². The zero-order valence-electron chi connectivity index (χ0n) is 12.0. The molecule has 0 saturated heterocycles. The van der Waals surface area contributed by atoms with Crippen LogP contribution < -0.4 is 0 Å². The summed E-state index contributed by atoms with van der Waals surface area (Å²) in [4.78, 5) is 1.15. The second-order valence-corrected chi connectivity index (χ2v) is 9.77. The number of hydrogen-bond acceptors (Lipinski definition) is 5. The monoisotopic (exact) mass is 387 g/mol. The molecule has 0 unspecified atom stereocenters. The van der Waals surface area contributed by atoms with E-state index in [2.05, 4.69) is 0 Å². The van der Waals surface area contributed by atoms with Gasteiger partial charge in [0.25, 0.3) is 10.0 Å². The first kappa shape index (κ1) is 16.7. The molecule has 0 atom stereocenters. The average molecular weight is 388 g/mol. The van der Waals surface area contributed by atoms with Crippen LogP contribution in [0, 0.1) is 0 Å². The average Bonchev–Trinajstić information content (AvgIpc) is 3.25. The van der Waals surface area contributed by atoms with Gasteiger partial charge in [0, 0.05) is 23.5 Å². The molecule has 0 N–H and O–H groups in total. The number of sulfonamides is 1. The van der Waals surface area contributed by atoms with Crippen molar-refractivity contribution in [1.82, 2.24) is 4.31 Å². The fourth-order valence-electron chi connectivity index (χ4n) is 2.12. The van der Waals surface area contributed by atoms with Gasteiger partial charge in [0.1, 0.15) is 4.21 Å². The maximum atomic E-state index is 12.9. The summed E-state index contributed by atoms with van der Waals surface area (Å²) in [6, 6.07) is 8.91. The molecule has 3 aromatic rings. The highest BCUT2D eigenvalue weighted by Gasteiger charge is 2.26. The molecule has 0 amide bonds. The van der Waals surface area contributed by atoms with Gasteiger partial charge in [-0.25, -0.2) is 8.42 Å². The molecule has 0 aromatic carbocycles. The van der Waals surface area contributed by atoms with Gasteiger partial charge in [-0.3, -0.25) is 0 Å². The van der Waals surface area contributed by atoms with Gasteiger partial charge in [0.05, 0.1) is 16.9 Å². The van der Waals surface area contributed by atoms with E-state index in [0.717, 1.165) is 21.8 Å². The second-order valence-electron chi connectivity index (χ2n) is 4.86. The summed E-state index contributed by atoms with van der Waals surface area (Å²) in [6.45, 7) is 0.684.